The van der Waals surface area contributed by atoms with Crippen LogP contribution in [-0.2, 0) is 22.5 Å². The maximum Gasteiger partial charge on any atom is 0.633 e. The highest BCUT2D eigenvalue weighted by molar-refractivity contribution is 6.32. The highest BCUT2D eigenvalue weighted by Crippen LogP contribution is 2.14. The van der Waals surface area contributed by atoms with Crippen molar-refractivity contribution in [1.82, 2.24) is 25.5 Å². The van der Waals surface area contributed by atoms with Crippen molar-refractivity contribution in [2.45, 2.75) is 38.4 Å². The molecule has 0 saturated carbocycles. The van der Waals surface area contributed by atoms with E-state index < -0.39 is 13.4 Å². The number of carbonyl (C=O) groups is 1. The summed E-state index contributed by atoms with van der Waals surface area (Å²) in [4.78, 5) is 12.1. The number of nitrogens with one attached hydrogen (secondary N) is 1. The molecule has 1 aromatic carbocycles. The first-order valence-corrected chi connectivity index (χ1v) is 8.84. The summed E-state index contributed by atoms with van der Waals surface area (Å²) in [6, 6.07) is 6.74. The SMILES string of the molecule is Cl.NC(CCCCOB(O)O)c1nnnn1CC(=O)NCc1ccc(Cl)cc1. The average Bonchev–Trinajstić information content (AvgIpc) is 3.08. The van der Waals surface area contributed by atoms with Gasteiger partial charge in [0.2, 0.25) is 5.91 Å². The second-order valence-corrected chi connectivity index (χ2v) is 6.33. The quantitative estimate of drug-likeness (QED) is 0.291. The monoisotopic (exact) mass is 432 g/mol. The van der Waals surface area contributed by atoms with Gasteiger partial charge in [0.15, 0.2) is 5.82 Å². The summed E-state index contributed by atoms with van der Waals surface area (Å²) in [5.41, 5.74) is 7.02. The first kappa shape index (κ1) is 24.3. The van der Waals surface area contributed by atoms with E-state index in [-0.39, 0.29) is 31.5 Å². The smallest absolute Gasteiger partial charge is 0.402 e. The second-order valence-electron chi connectivity index (χ2n) is 5.90. The van der Waals surface area contributed by atoms with E-state index in [1.54, 1.807) is 12.1 Å². The molecule has 1 amide bonds. The van der Waals surface area contributed by atoms with Crippen molar-refractivity contribution in [3.8, 4) is 0 Å². The summed E-state index contributed by atoms with van der Waals surface area (Å²) in [5, 5.41) is 31.9. The Morgan fingerprint density at radius 1 is 1.32 bits per heavy atom. The van der Waals surface area contributed by atoms with Crippen molar-refractivity contribution in [2.24, 2.45) is 5.73 Å². The van der Waals surface area contributed by atoms with Crippen LogP contribution in [-0.4, -0.2) is 50.1 Å². The number of benzene rings is 1. The van der Waals surface area contributed by atoms with Gasteiger partial charge in [-0.1, -0.05) is 23.7 Å². The van der Waals surface area contributed by atoms with Gasteiger partial charge in [-0.2, -0.15) is 0 Å². The second kappa shape index (κ2) is 12.7. The van der Waals surface area contributed by atoms with Crippen LogP contribution in [0.25, 0.3) is 0 Å². The molecule has 0 aliphatic heterocycles. The van der Waals surface area contributed by atoms with Crippen molar-refractivity contribution >= 4 is 37.2 Å². The van der Waals surface area contributed by atoms with Gasteiger partial charge in [-0.15, -0.1) is 17.5 Å². The maximum absolute atomic E-state index is 12.1. The van der Waals surface area contributed by atoms with Crippen LogP contribution in [0.5, 0.6) is 0 Å². The third-order valence-corrected chi connectivity index (χ3v) is 4.02. The predicted molar refractivity (Wildman–Crippen MR) is 105 cm³/mol. The fraction of sp³-hybridized carbons (Fsp3) is 0.467. The molecule has 1 unspecified atom stereocenters. The van der Waals surface area contributed by atoms with E-state index in [0.717, 1.165) is 5.56 Å². The van der Waals surface area contributed by atoms with Gasteiger partial charge >= 0.3 is 7.32 Å². The number of carbonyl (C=O) groups excluding carboxylic acids is 1. The van der Waals surface area contributed by atoms with Crippen LogP contribution in [0.15, 0.2) is 24.3 Å². The van der Waals surface area contributed by atoms with Gasteiger partial charge in [-0.05, 0) is 47.4 Å². The van der Waals surface area contributed by atoms with Gasteiger partial charge in [0, 0.05) is 18.2 Å². The van der Waals surface area contributed by atoms with Crippen LogP contribution in [0, 0.1) is 0 Å². The van der Waals surface area contributed by atoms with E-state index in [4.69, 9.17) is 27.4 Å². The molecule has 28 heavy (non-hydrogen) atoms. The molecule has 1 atom stereocenters. The van der Waals surface area contributed by atoms with Crippen molar-refractivity contribution in [3.63, 3.8) is 0 Å². The Kier molecular flexibility index (Phi) is 11.0. The predicted octanol–water partition coefficient (Wildman–Crippen LogP) is 0.221. The van der Waals surface area contributed by atoms with Gasteiger partial charge in [0.1, 0.15) is 6.54 Å². The fourth-order valence-corrected chi connectivity index (χ4v) is 2.49. The van der Waals surface area contributed by atoms with Gasteiger partial charge in [-0.25, -0.2) is 4.68 Å². The van der Waals surface area contributed by atoms with Crippen LogP contribution in [0.2, 0.25) is 5.02 Å². The Morgan fingerprint density at radius 2 is 2.04 bits per heavy atom. The number of tetrazole rings is 1. The van der Waals surface area contributed by atoms with Crippen molar-refractivity contribution < 1.29 is 19.5 Å². The molecule has 2 rings (SSSR count). The standard InChI is InChI=1S/C15H22BClN6O4.ClH/c17-12-6-4-11(5-7-12)9-19-14(24)10-23-15(20-21-22-23)13(18)3-1-2-8-27-16(25)26;/h4-7,13,25-26H,1-3,8-10,18H2,(H,19,24);1H. The number of amides is 1. The first-order chi connectivity index (χ1) is 13.0. The highest BCUT2D eigenvalue weighted by Gasteiger charge is 2.17. The molecule has 13 heteroatoms. The molecule has 1 heterocycles. The Morgan fingerprint density at radius 3 is 2.71 bits per heavy atom. The molecule has 10 nitrogen and oxygen atoms in total. The highest BCUT2D eigenvalue weighted by atomic mass is 35.5. The number of hydrogen-bond acceptors (Lipinski definition) is 8. The normalized spacial score (nSPS) is 11.6. The lowest BCUT2D eigenvalue weighted by molar-refractivity contribution is -0.122. The van der Waals surface area contributed by atoms with Gasteiger partial charge in [0.25, 0.3) is 0 Å². The molecule has 0 radical (unpaired) electrons. The van der Waals surface area contributed by atoms with Crippen molar-refractivity contribution in [2.75, 3.05) is 6.61 Å². The van der Waals surface area contributed by atoms with E-state index in [1.165, 1.54) is 4.68 Å². The summed E-state index contributed by atoms with van der Waals surface area (Å²) in [5.74, 6) is 0.177. The number of nitrogens with zero attached hydrogens (tertiary/aromatic N) is 4. The Labute approximate surface area is 174 Å². The number of nitrogens with two attached hydrogens (primary N) is 1. The minimum Gasteiger partial charge on any atom is -0.402 e. The summed E-state index contributed by atoms with van der Waals surface area (Å²) in [6.07, 6.45) is 1.86. The van der Waals surface area contributed by atoms with Crippen LogP contribution in [0.1, 0.15) is 36.7 Å². The van der Waals surface area contributed by atoms with Gasteiger partial charge in [0.05, 0.1) is 6.04 Å². The molecule has 154 valence electrons. The Hall–Kier alpha value is -1.76. The molecule has 0 fully saturated rings. The van der Waals surface area contributed by atoms with Crippen molar-refractivity contribution in [3.05, 3.63) is 40.7 Å². The lowest BCUT2D eigenvalue weighted by atomic mass is 10.1. The molecule has 0 aliphatic rings. The van der Waals surface area contributed by atoms with E-state index in [2.05, 4.69) is 25.5 Å². The first-order valence-electron chi connectivity index (χ1n) is 8.46. The van der Waals surface area contributed by atoms with E-state index in [9.17, 15) is 4.79 Å². The number of unbranched alkanes of at least 4 members (excludes halogenated alkanes) is 1. The molecule has 2 aromatic rings. The van der Waals surface area contributed by atoms with Crippen LogP contribution in [0.3, 0.4) is 0 Å². The topological polar surface area (TPSA) is 148 Å². The van der Waals surface area contributed by atoms with Crippen LogP contribution >= 0.6 is 24.0 Å². The van der Waals surface area contributed by atoms with E-state index in [1.807, 2.05) is 12.1 Å². The third-order valence-electron chi connectivity index (χ3n) is 3.76. The zero-order valence-corrected chi connectivity index (χ0v) is 16.6. The lowest BCUT2D eigenvalue weighted by Gasteiger charge is -2.12. The summed E-state index contributed by atoms with van der Waals surface area (Å²) < 4.78 is 6.00. The maximum atomic E-state index is 12.1. The van der Waals surface area contributed by atoms with E-state index in [0.29, 0.717) is 36.7 Å². The average molecular weight is 433 g/mol. The van der Waals surface area contributed by atoms with Gasteiger partial charge < -0.3 is 25.8 Å². The zero-order chi connectivity index (χ0) is 19.6. The number of halogens is 2. The zero-order valence-electron chi connectivity index (χ0n) is 15.1. The minimum absolute atomic E-state index is 0. The fourth-order valence-electron chi connectivity index (χ4n) is 2.37. The Balaban J connectivity index is 0.00000392. The van der Waals surface area contributed by atoms with Gasteiger partial charge in [-0.3, -0.25) is 4.79 Å². The molecule has 1 aromatic heterocycles. The van der Waals surface area contributed by atoms with Crippen LogP contribution < -0.4 is 11.1 Å². The minimum atomic E-state index is -1.77. The molecule has 0 aliphatic carbocycles. The van der Waals surface area contributed by atoms with Crippen molar-refractivity contribution in [1.29, 1.82) is 0 Å². The number of rotatable bonds is 11. The summed E-state index contributed by atoms with van der Waals surface area (Å²) in [7, 11) is -1.77. The van der Waals surface area contributed by atoms with E-state index >= 15 is 0 Å². The summed E-state index contributed by atoms with van der Waals surface area (Å²) >= 11 is 5.83. The molecular formula is C15H23BCl2N6O4. The molecule has 0 bridgehead atoms. The Bertz CT molecular complexity index is 719. The largest absolute Gasteiger partial charge is 0.633 e. The van der Waals surface area contributed by atoms with Crippen LogP contribution in [0.4, 0.5) is 0 Å². The molecular weight excluding hydrogens is 410 g/mol. The lowest BCUT2D eigenvalue weighted by Crippen LogP contribution is -2.29. The number of aromatic nitrogens is 4. The third kappa shape index (κ3) is 8.51. The molecule has 0 spiro atoms. The summed E-state index contributed by atoms with van der Waals surface area (Å²) in [6.45, 7) is 0.544. The molecule has 5 N–H and O–H groups in total. The number of hydrogen-bond donors (Lipinski definition) is 4. The molecule has 0 saturated heterocycles.